The Morgan fingerprint density at radius 2 is 2.00 bits per heavy atom. The van der Waals surface area contributed by atoms with Crippen LogP contribution in [0.2, 0.25) is 0 Å². The Bertz CT molecular complexity index is 655. The summed E-state index contributed by atoms with van der Waals surface area (Å²) < 4.78 is 5.09. The fourth-order valence-corrected chi connectivity index (χ4v) is 4.68. The van der Waals surface area contributed by atoms with Gasteiger partial charge in [-0.15, -0.1) is 0 Å². The monoisotopic (exact) mass is 327 g/mol. The van der Waals surface area contributed by atoms with Gasteiger partial charge < -0.3 is 9.64 Å². The topological polar surface area (TPSA) is 46.6 Å². The summed E-state index contributed by atoms with van der Waals surface area (Å²) in [7, 11) is 0. The lowest BCUT2D eigenvalue weighted by Crippen LogP contribution is -2.49. The minimum absolute atomic E-state index is 0.0166. The Morgan fingerprint density at radius 3 is 2.62 bits per heavy atom. The second-order valence-electron chi connectivity index (χ2n) is 7.96. The molecule has 1 spiro atoms. The van der Waals surface area contributed by atoms with E-state index < -0.39 is 0 Å². The predicted molar refractivity (Wildman–Crippen MR) is 90.5 cm³/mol. The molecule has 0 atom stereocenters. The number of nitrogens with zero attached hydrogens (tertiary/aromatic N) is 1. The van der Waals surface area contributed by atoms with Crippen molar-refractivity contribution < 1.29 is 14.3 Å². The second kappa shape index (κ2) is 5.91. The minimum atomic E-state index is -0.0973. The van der Waals surface area contributed by atoms with Gasteiger partial charge in [0.25, 0.3) is 0 Å². The molecule has 3 aliphatic rings. The van der Waals surface area contributed by atoms with E-state index >= 15 is 0 Å². The molecule has 3 fully saturated rings. The van der Waals surface area contributed by atoms with E-state index in [2.05, 4.69) is 31.2 Å². The lowest BCUT2D eigenvalue weighted by molar-refractivity contribution is -0.144. The molecular formula is C20H25NO3. The summed E-state index contributed by atoms with van der Waals surface area (Å²) in [6.45, 7) is 4.36. The molecule has 0 unspecified atom stereocenters. The molecule has 2 saturated heterocycles. The van der Waals surface area contributed by atoms with E-state index in [1.54, 1.807) is 0 Å². The highest BCUT2D eigenvalue weighted by Crippen LogP contribution is 2.52. The number of hydrogen-bond acceptors (Lipinski definition) is 3. The summed E-state index contributed by atoms with van der Waals surface area (Å²) in [6.07, 6.45) is 4.26. The number of amides is 1. The van der Waals surface area contributed by atoms with Gasteiger partial charge in [-0.3, -0.25) is 9.59 Å². The molecule has 1 aromatic rings. The molecule has 128 valence electrons. The summed E-state index contributed by atoms with van der Waals surface area (Å²) in [5.41, 5.74) is 2.70. The lowest BCUT2D eigenvalue weighted by atomic mass is 9.61. The molecule has 0 radical (unpaired) electrons. The molecule has 4 heteroatoms. The van der Waals surface area contributed by atoms with E-state index in [9.17, 15) is 9.59 Å². The maximum Gasteiger partial charge on any atom is 0.306 e. The number of benzene rings is 1. The summed E-state index contributed by atoms with van der Waals surface area (Å²) in [6, 6.07) is 8.74. The highest BCUT2D eigenvalue weighted by molar-refractivity contribution is 5.81. The second-order valence-corrected chi connectivity index (χ2v) is 7.96. The summed E-state index contributed by atoms with van der Waals surface area (Å²) in [4.78, 5) is 26.0. The number of hydrogen-bond donors (Lipinski definition) is 0. The molecule has 0 bridgehead atoms. The van der Waals surface area contributed by atoms with Crippen molar-refractivity contribution in [2.45, 2.75) is 44.9 Å². The van der Waals surface area contributed by atoms with E-state index in [-0.39, 0.29) is 17.3 Å². The molecule has 1 aromatic carbocycles. The van der Waals surface area contributed by atoms with Crippen LogP contribution in [0.15, 0.2) is 24.3 Å². The number of carbonyl (C=O) groups excluding carboxylic acids is 2. The fourth-order valence-electron chi connectivity index (χ4n) is 4.68. The summed E-state index contributed by atoms with van der Waals surface area (Å²) in [5.74, 6) is 0.875. The first-order valence-corrected chi connectivity index (χ1v) is 9.06. The normalized spacial score (nSPS) is 30.3. The maximum atomic E-state index is 12.7. The van der Waals surface area contributed by atoms with Crippen LogP contribution in [-0.4, -0.2) is 36.5 Å². The van der Waals surface area contributed by atoms with Crippen molar-refractivity contribution in [1.82, 2.24) is 4.90 Å². The Labute approximate surface area is 143 Å². The van der Waals surface area contributed by atoms with Crippen LogP contribution in [0.5, 0.6) is 0 Å². The Hall–Kier alpha value is -1.84. The van der Waals surface area contributed by atoms with Crippen molar-refractivity contribution in [1.29, 1.82) is 0 Å². The van der Waals surface area contributed by atoms with Gasteiger partial charge in [-0.2, -0.15) is 0 Å². The van der Waals surface area contributed by atoms with Gasteiger partial charge in [-0.25, -0.2) is 0 Å². The molecule has 2 heterocycles. The fraction of sp³-hybridized carbons (Fsp3) is 0.600. The number of carbonyl (C=O) groups is 2. The average Bonchev–Trinajstić information content (AvgIpc) is 2.95. The van der Waals surface area contributed by atoms with E-state index in [4.69, 9.17) is 4.74 Å². The Balaban J connectivity index is 1.30. The van der Waals surface area contributed by atoms with Gasteiger partial charge in [0, 0.05) is 24.4 Å². The molecule has 24 heavy (non-hydrogen) atoms. The molecule has 2 aliphatic heterocycles. The molecule has 1 aliphatic carbocycles. The zero-order chi connectivity index (χ0) is 16.7. The number of likely N-dealkylation sites (tertiary alicyclic amines) is 1. The van der Waals surface area contributed by atoms with Gasteiger partial charge in [0.2, 0.25) is 5.91 Å². The van der Waals surface area contributed by atoms with Crippen LogP contribution in [0.4, 0.5) is 0 Å². The molecule has 4 nitrogen and oxygen atoms in total. The van der Waals surface area contributed by atoms with Crippen molar-refractivity contribution in [3.8, 4) is 0 Å². The number of ether oxygens (including phenoxy) is 1. The summed E-state index contributed by atoms with van der Waals surface area (Å²) in [5, 5.41) is 0. The highest BCUT2D eigenvalue weighted by Gasteiger charge is 2.53. The first kappa shape index (κ1) is 15.7. The zero-order valence-corrected chi connectivity index (χ0v) is 14.3. The molecule has 1 amide bonds. The molecule has 1 saturated carbocycles. The van der Waals surface area contributed by atoms with Gasteiger partial charge in [0.1, 0.15) is 0 Å². The quantitative estimate of drug-likeness (QED) is 0.784. The zero-order valence-electron chi connectivity index (χ0n) is 14.3. The van der Waals surface area contributed by atoms with E-state index in [0.29, 0.717) is 24.9 Å². The molecule has 4 rings (SSSR count). The highest BCUT2D eigenvalue weighted by atomic mass is 16.5. The van der Waals surface area contributed by atoms with Gasteiger partial charge in [0.05, 0.1) is 13.0 Å². The molecule has 0 N–H and O–H groups in total. The first-order valence-electron chi connectivity index (χ1n) is 9.06. The summed E-state index contributed by atoms with van der Waals surface area (Å²) >= 11 is 0. The molecular weight excluding hydrogens is 302 g/mol. The van der Waals surface area contributed by atoms with E-state index in [1.807, 2.05) is 4.90 Å². The standard InChI is InChI=1S/C20H25NO3/c1-14-3-2-4-16(9-14)15-5-7-21(8-6-15)19(23)17-10-20(11-17)12-18(22)24-13-20/h2-4,9,15,17H,5-8,10-13H2,1H3. The third-order valence-electron chi connectivity index (χ3n) is 6.09. The van der Waals surface area contributed by atoms with Crippen molar-refractivity contribution in [2.75, 3.05) is 19.7 Å². The number of esters is 1. The van der Waals surface area contributed by atoms with Crippen LogP contribution in [0.1, 0.15) is 49.1 Å². The SMILES string of the molecule is Cc1cccc(C2CCN(C(=O)C3CC4(COC(=O)C4)C3)CC2)c1. The van der Waals surface area contributed by atoms with Crippen LogP contribution in [-0.2, 0) is 14.3 Å². The van der Waals surface area contributed by atoms with E-state index in [1.165, 1.54) is 11.1 Å². The van der Waals surface area contributed by atoms with Gasteiger partial charge in [-0.1, -0.05) is 29.8 Å². The average molecular weight is 327 g/mol. The third-order valence-corrected chi connectivity index (χ3v) is 6.09. The van der Waals surface area contributed by atoms with Gasteiger partial charge in [-0.05, 0) is 44.1 Å². The number of piperidine rings is 1. The minimum Gasteiger partial charge on any atom is -0.465 e. The van der Waals surface area contributed by atoms with Crippen LogP contribution in [0.25, 0.3) is 0 Å². The van der Waals surface area contributed by atoms with Crippen LogP contribution >= 0.6 is 0 Å². The van der Waals surface area contributed by atoms with Crippen LogP contribution in [0, 0.1) is 18.3 Å². The third kappa shape index (κ3) is 2.83. The van der Waals surface area contributed by atoms with Gasteiger partial charge in [0.15, 0.2) is 0 Å². The van der Waals surface area contributed by atoms with Crippen molar-refractivity contribution >= 4 is 11.9 Å². The number of aryl methyl sites for hydroxylation is 1. The maximum absolute atomic E-state index is 12.7. The lowest BCUT2D eigenvalue weighted by Gasteiger charge is -2.45. The van der Waals surface area contributed by atoms with Crippen LogP contribution in [0.3, 0.4) is 0 Å². The Morgan fingerprint density at radius 1 is 1.25 bits per heavy atom. The van der Waals surface area contributed by atoms with Crippen molar-refractivity contribution in [2.24, 2.45) is 11.3 Å². The van der Waals surface area contributed by atoms with Crippen molar-refractivity contribution in [3.05, 3.63) is 35.4 Å². The predicted octanol–water partition coefficient (Wildman–Crippen LogP) is 3.04. The number of cyclic esters (lactones) is 1. The van der Waals surface area contributed by atoms with E-state index in [0.717, 1.165) is 38.8 Å². The van der Waals surface area contributed by atoms with Gasteiger partial charge >= 0.3 is 5.97 Å². The first-order chi connectivity index (χ1) is 11.5. The largest absolute Gasteiger partial charge is 0.465 e. The van der Waals surface area contributed by atoms with Crippen molar-refractivity contribution in [3.63, 3.8) is 0 Å². The molecule has 0 aromatic heterocycles. The Kier molecular flexibility index (Phi) is 3.86. The number of rotatable bonds is 2. The smallest absolute Gasteiger partial charge is 0.306 e. The van der Waals surface area contributed by atoms with Crippen LogP contribution < -0.4 is 0 Å².